The summed E-state index contributed by atoms with van der Waals surface area (Å²) in [5.41, 5.74) is 0.775. The summed E-state index contributed by atoms with van der Waals surface area (Å²) in [5.74, 6) is 1.32. The highest BCUT2D eigenvalue weighted by Crippen LogP contribution is 2.44. The smallest absolute Gasteiger partial charge is 0.162 e. The Hall–Kier alpha value is -0.610. The molecule has 0 aliphatic carbocycles. The largest absolute Gasteiger partial charge is 0.486 e. The summed E-state index contributed by atoms with van der Waals surface area (Å²) in [7, 11) is 0. The molecule has 0 radical (unpaired) electrons. The summed E-state index contributed by atoms with van der Waals surface area (Å²) in [4.78, 5) is 0.877. The molecule has 3 rings (SSSR count). The fourth-order valence-corrected chi connectivity index (χ4v) is 3.89. The van der Waals surface area contributed by atoms with Gasteiger partial charge in [-0.1, -0.05) is 23.2 Å². The third kappa shape index (κ3) is 2.52. The van der Waals surface area contributed by atoms with Gasteiger partial charge in [0.2, 0.25) is 0 Å². The van der Waals surface area contributed by atoms with Crippen LogP contribution >= 0.6 is 46.1 Å². The normalized spacial score (nSPS) is 15.3. The summed E-state index contributed by atoms with van der Waals surface area (Å²) >= 11 is 20.3. The second-order valence-corrected chi connectivity index (χ2v) is 6.21. The first kappa shape index (κ1) is 13.4. The molecule has 1 unspecified atom stereocenters. The summed E-state index contributed by atoms with van der Waals surface area (Å²) in [6.45, 7) is 1.06. The minimum Gasteiger partial charge on any atom is -0.486 e. The first-order valence-electron chi connectivity index (χ1n) is 5.63. The summed E-state index contributed by atoms with van der Waals surface area (Å²) in [6.07, 6.45) is 0. The molecule has 1 atom stereocenters. The molecule has 100 valence electrons. The van der Waals surface area contributed by atoms with E-state index in [1.54, 1.807) is 6.07 Å². The molecular formula is C13H9Cl3O2S. The maximum absolute atomic E-state index is 6.47. The molecule has 0 fully saturated rings. The highest BCUT2D eigenvalue weighted by atomic mass is 35.5. The van der Waals surface area contributed by atoms with Crippen molar-refractivity contribution < 1.29 is 9.47 Å². The van der Waals surface area contributed by atoms with Gasteiger partial charge in [0.15, 0.2) is 11.5 Å². The number of ether oxygens (including phenoxy) is 2. The van der Waals surface area contributed by atoms with Crippen LogP contribution in [0.15, 0.2) is 23.6 Å². The number of thiophene rings is 1. The molecule has 0 bridgehead atoms. The predicted octanol–water partition coefficient (Wildman–Crippen LogP) is 5.15. The van der Waals surface area contributed by atoms with Crippen LogP contribution in [0.5, 0.6) is 11.5 Å². The number of halogens is 3. The minimum atomic E-state index is -0.393. The van der Waals surface area contributed by atoms with Crippen LogP contribution in [0.25, 0.3) is 0 Å². The number of hydrogen-bond acceptors (Lipinski definition) is 3. The number of fused-ring (bicyclic) bond motifs is 1. The van der Waals surface area contributed by atoms with Gasteiger partial charge in [0, 0.05) is 16.0 Å². The summed E-state index contributed by atoms with van der Waals surface area (Å²) in [5, 5.41) is 2.71. The molecule has 1 aromatic carbocycles. The zero-order chi connectivity index (χ0) is 13.4. The topological polar surface area (TPSA) is 18.5 Å². The van der Waals surface area contributed by atoms with Crippen LogP contribution < -0.4 is 9.47 Å². The van der Waals surface area contributed by atoms with Gasteiger partial charge in [-0.05, 0) is 23.1 Å². The molecule has 1 aliphatic heterocycles. The van der Waals surface area contributed by atoms with Crippen molar-refractivity contribution >= 4 is 46.1 Å². The van der Waals surface area contributed by atoms with E-state index in [0.717, 1.165) is 10.4 Å². The van der Waals surface area contributed by atoms with E-state index in [2.05, 4.69) is 0 Å². The SMILES string of the molecule is Clc1cc2c(cc1C(Cl)c1sccc1Cl)OCCO2. The van der Waals surface area contributed by atoms with Gasteiger partial charge in [-0.3, -0.25) is 0 Å². The Morgan fingerprint density at radius 3 is 2.37 bits per heavy atom. The van der Waals surface area contributed by atoms with Gasteiger partial charge in [-0.25, -0.2) is 0 Å². The molecule has 0 saturated carbocycles. The van der Waals surface area contributed by atoms with Crippen LogP contribution in [0.2, 0.25) is 10.0 Å². The molecule has 0 N–H and O–H groups in total. The van der Waals surface area contributed by atoms with E-state index < -0.39 is 5.38 Å². The standard InChI is InChI=1S/C13H9Cl3O2S/c14-8-1-4-19-13(8)12(16)7-5-10-11(6-9(7)15)18-3-2-17-10/h1,4-6,12H,2-3H2. The van der Waals surface area contributed by atoms with Crippen LogP contribution in [-0.4, -0.2) is 13.2 Å². The van der Waals surface area contributed by atoms with Crippen molar-refractivity contribution in [2.75, 3.05) is 13.2 Å². The molecule has 2 aromatic rings. The highest BCUT2D eigenvalue weighted by molar-refractivity contribution is 7.11. The van der Waals surface area contributed by atoms with E-state index in [9.17, 15) is 0 Å². The van der Waals surface area contributed by atoms with Gasteiger partial charge < -0.3 is 9.47 Å². The Labute approximate surface area is 129 Å². The lowest BCUT2D eigenvalue weighted by atomic mass is 10.1. The van der Waals surface area contributed by atoms with Crippen LogP contribution in [-0.2, 0) is 0 Å². The number of rotatable bonds is 2. The van der Waals surface area contributed by atoms with Crippen molar-refractivity contribution in [2.45, 2.75) is 5.38 Å². The molecule has 1 aliphatic rings. The lowest BCUT2D eigenvalue weighted by Gasteiger charge is -2.21. The third-order valence-electron chi connectivity index (χ3n) is 2.81. The van der Waals surface area contributed by atoms with Gasteiger partial charge in [-0.15, -0.1) is 22.9 Å². The highest BCUT2D eigenvalue weighted by Gasteiger charge is 2.22. The molecule has 19 heavy (non-hydrogen) atoms. The van der Waals surface area contributed by atoms with Gasteiger partial charge in [0.1, 0.15) is 13.2 Å². The first-order valence-corrected chi connectivity index (χ1v) is 7.70. The summed E-state index contributed by atoms with van der Waals surface area (Å²) < 4.78 is 11.0. The molecule has 1 aromatic heterocycles. The van der Waals surface area contributed by atoms with E-state index in [1.807, 2.05) is 17.5 Å². The Morgan fingerprint density at radius 1 is 1.05 bits per heavy atom. The van der Waals surface area contributed by atoms with Crippen LogP contribution in [0, 0.1) is 0 Å². The van der Waals surface area contributed by atoms with Crippen molar-refractivity contribution in [3.8, 4) is 11.5 Å². The Bertz CT molecular complexity index is 612. The summed E-state index contributed by atoms with van der Waals surface area (Å²) in [6, 6.07) is 5.38. The van der Waals surface area contributed by atoms with Crippen molar-refractivity contribution in [3.63, 3.8) is 0 Å². The zero-order valence-electron chi connectivity index (χ0n) is 9.66. The molecule has 0 saturated heterocycles. The number of hydrogen-bond donors (Lipinski definition) is 0. The third-order valence-corrected chi connectivity index (χ3v) is 5.14. The van der Waals surface area contributed by atoms with Gasteiger partial charge in [0.05, 0.1) is 10.4 Å². The van der Waals surface area contributed by atoms with Crippen LogP contribution in [0.3, 0.4) is 0 Å². The number of alkyl halides is 1. The van der Waals surface area contributed by atoms with E-state index >= 15 is 0 Å². The molecule has 2 nitrogen and oxygen atoms in total. The van der Waals surface area contributed by atoms with E-state index in [1.165, 1.54) is 11.3 Å². The lowest BCUT2D eigenvalue weighted by molar-refractivity contribution is 0.171. The second kappa shape index (κ2) is 5.41. The van der Waals surface area contributed by atoms with E-state index in [-0.39, 0.29) is 0 Å². The maximum Gasteiger partial charge on any atom is 0.162 e. The van der Waals surface area contributed by atoms with E-state index in [4.69, 9.17) is 44.3 Å². The average molecular weight is 336 g/mol. The molecule has 2 heterocycles. The van der Waals surface area contributed by atoms with Crippen LogP contribution in [0.4, 0.5) is 0 Å². The second-order valence-electron chi connectivity index (χ2n) is 4.01. The van der Waals surface area contributed by atoms with Crippen LogP contribution in [0.1, 0.15) is 15.8 Å². The van der Waals surface area contributed by atoms with Gasteiger partial charge in [0.25, 0.3) is 0 Å². The zero-order valence-corrected chi connectivity index (χ0v) is 12.7. The average Bonchev–Trinajstić information content (AvgIpc) is 2.83. The van der Waals surface area contributed by atoms with Crippen molar-refractivity contribution in [3.05, 3.63) is 44.1 Å². The van der Waals surface area contributed by atoms with Gasteiger partial charge in [-0.2, -0.15) is 0 Å². The number of benzene rings is 1. The predicted molar refractivity (Wildman–Crippen MR) is 79.5 cm³/mol. The van der Waals surface area contributed by atoms with Crippen molar-refractivity contribution in [2.24, 2.45) is 0 Å². The van der Waals surface area contributed by atoms with Crippen molar-refractivity contribution in [1.29, 1.82) is 0 Å². The first-order chi connectivity index (χ1) is 9.16. The monoisotopic (exact) mass is 334 g/mol. The van der Waals surface area contributed by atoms with Crippen molar-refractivity contribution in [1.82, 2.24) is 0 Å². The fourth-order valence-electron chi connectivity index (χ4n) is 1.90. The Kier molecular flexibility index (Phi) is 3.81. The Morgan fingerprint density at radius 2 is 1.74 bits per heavy atom. The van der Waals surface area contributed by atoms with Gasteiger partial charge >= 0.3 is 0 Å². The minimum absolute atomic E-state index is 0.393. The lowest BCUT2D eigenvalue weighted by Crippen LogP contribution is -2.15. The Balaban J connectivity index is 2.03. The molecular weight excluding hydrogens is 327 g/mol. The fraction of sp³-hybridized carbons (Fsp3) is 0.231. The molecule has 0 amide bonds. The van der Waals surface area contributed by atoms with E-state index in [0.29, 0.717) is 34.8 Å². The molecule has 0 spiro atoms. The molecule has 6 heteroatoms. The maximum atomic E-state index is 6.47. The quantitative estimate of drug-likeness (QED) is 0.706.